The molecule has 0 saturated carbocycles. The lowest BCUT2D eigenvalue weighted by Gasteiger charge is -2.11. The predicted octanol–water partition coefficient (Wildman–Crippen LogP) is -0.367. The fourth-order valence-electron chi connectivity index (χ4n) is 2.96. The zero-order valence-electron chi connectivity index (χ0n) is 17.4. The molecule has 1 N–H and O–H groups in total. The van der Waals surface area contributed by atoms with Crippen LogP contribution in [0.1, 0.15) is 0 Å². The van der Waals surface area contributed by atoms with E-state index < -0.39 is 29.7 Å². The number of aryl methyl sites for hydroxylation is 1. The zero-order chi connectivity index (χ0) is 22.7. The van der Waals surface area contributed by atoms with E-state index in [1.165, 1.54) is 43.8 Å². The molecule has 3 rings (SSSR count). The van der Waals surface area contributed by atoms with Crippen LogP contribution >= 0.6 is 0 Å². The summed E-state index contributed by atoms with van der Waals surface area (Å²) in [7, 11) is 5.77. The van der Waals surface area contributed by atoms with Gasteiger partial charge in [-0.05, 0) is 12.1 Å². The van der Waals surface area contributed by atoms with E-state index in [1.54, 1.807) is 18.2 Å². The number of esters is 1. The third-order valence-electron chi connectivity index (χ3n) is 4.55. The molecule has 2 aromatic heterocycles. The predicted molar refractivity (Wildman–Crippen MR) is 109 cm³/mol. The van der Waals surface area contributed by atoms with Crippen molar-refractivity contribution in [3.63, 3.8) is 0 Å². The van der Waals surface area contributed by atoms with Crippen molar-refractivity contribution >= 4 is 28.7 Å². The number of benzene rings is 1. The van der Waals surface area contributed by atoms with Crippen molar-refractivity contribution in [3.05, 3.63) is 45.4 Å². The molecule has 3 aromatic rings. The fraction of sp³-hybridized carbons (Fsp3) is 0.316. The van der Waals surface area contributed by atoms with Crippen LogP contribution in [0.3, 0.4) is 0 Å². The number of hydrogen-bond donors (Lipinski definition) is 1. The van der Waals surface area contributed by atoms with Crippen LogP contribution in [0.25, 0.3) is 11.2 Å². The largest absolute Gasteiger partial charge is 0.493 e. The first-order valence-corrected chi connectivity index (χ1v) is 9.05. The Morgan fingerprint density at radius 2 is 1.77 bits per heavy atom. The van der Waals surface area contributed by atoms with Crippen LogP contribution in [0, 0.1) is 0 Å². The number of anilines is 1. The Morgan fingerprint density at radius 1 is 1.06 bits per heavy atom. The van der Waals surface area contributed by atoms with Gasteiger partial charge in [0.1, 0.15) is 6.54 Å². The standard InChI is InChI=1S/C19H21N5O7/c1-22-17-16(18(27)23(2)19(22)28)24(10-20-17)8-15(26)31-9-14(25)21-11-5-6-12(29-3)13(7-11)30-4/h5-7,10H,8-9H2,1-4H3,(H,21,25). The number of methoxy groups -OCH3 is 2. The third-order valence-corrected chi connectivity index (χ3v) is 4.55. The van der Waals surface area contributed by atoms with Crippen LogP contribution in [0.4, 0.5) is 5.69 Å². The van der Waals surface area contributed by atoms with E-state index in [0.29, 0.717) is 17.2 Å². The van der Waals surface area contributed by atoms with Gasteiger partial charge in [0.05, 0.1) is 20.5 Å². The Bertz CT molecular complexity index is 1270. The molecule has 0 bridgehead atoms. The summed E-state index contributed by atoms with van der Waals surface area (Å²) in [6, 6.07) is 4.80. The number of fused-ring (bicyclic) bond motifs is 1. The van der Waals surface area contributed by atoms with Crippen LogP contribution in [0.2, 0.25) is 0 Å². The normalized spacial score (nSPS) is 10.7. The van der Waals surface area contributed by atoms with Gasteiger partial charge in [-0.25, -0.2) is 9.78 Å². The van der Waals surface area contributed by atoms with Gasteiger partial charge in [0.25, 0.3) is 11.5 Å². The number of ether oxygens (including phenoxy) is 3. The maximum absolute atomic E-state index is 12.4. The molecule has 0 aliphatic heterocycles. The van der Waals surface area contributed by atoms with Gasteiger partial charge in [-0.2, -0.15) is 0 Å². The first-order chi connectivity index (χ1) is 14.8. The van der Waals surface area contributed by atoms with E-state index in [-0.39, 0.29) is 17.7 Å². The molecule has 0 saturated heterocycles. The third kappa shape index (κ3) is 4.27. The molecule has 0 aliphatic rings. The monoisotopic (exact) mass is 431 g/mol. The van der Waals surface area contributed by atoms with Crippen LogP contribution < -0.4 is 26.0 Å². The molecule has 12 heteroatoms. The summed E-state index contributed by atoms with van der Waals surface area (Å²) < 4.78 is 18.7. The molecule has 0 fully saturated rings. The fourth-order valence-corrected chi connectivity index (χ4v) is 2.96. The van der Waals surface area contributed by atoms with Crippen LogP contribution in [-0.4, -0.2) is 51.4 Å². The molecule has 0 atom stereocenters. The first-order valence-electron chi connectivity index (χ1n) is 9.05. The molecule has 0 aliphatic carbocycles. The minimum atomic E-state index is -0.752. The van der Waals surface area contributed by atoms with Crippen LogP contribution in [-0.2, 0) is 35.0 Å². The van der Waals surface area contributed by atoms with Crippen molar-refractivity contribution in [1.29, 1.82) is 0 Å². The highest BCUT2D eigenvalue weighted by Crippen LogP contribution is 2.29. The highest BCUT2D eigenvalue weighted by Gasteiger charge is 2.17. The topological polar surface area (TPSA) is 136 Å². The van der Waals surface area contributed by atoms with Gasteiger partial charge >= 0.3 is 11.7 Å². The van der Waals surface area contributed by atoms with Gasteiger partial charge in [-0.1, -0.05) is 0 Å². The van der Waals surface area contributed by atoms with Gasteiger partial charge < -0.3 is 24.1 Å². The van der Waals surface area contributed by atoms with Crippen molar-refractivity contribution in [2.24, 2.45) is 14.1 Å². The van der Waals surface area contributed by atoms with Gasteiger partial charge in [0.15, 0.2) is 29.3 Å². The van der Waals surface area contributed by atoms with Crippen molar-refractivity contribution in [3.8, 4) is 11.5 Å². The number of imidazole rings is 1. The Balaban J connectivity index is 1.65. The van der Waals surface area contributed by atoms with Crippen molar-refractivity contribution in [2.75, 3.05) is 26.1 Å². The molecule has 2 heterocycles. The summed E-state index contributed by atoms with van der Waals surface area (Å²) >= 11 is 0. The molecule has 1 aromatic carbocycles. The Labute approximate surface area is 175 Å². The molecule has 0 radical (unpaired) electrons. The number of aromatic nitrogens is 4. The maximum atomic E-state index is 12.4. The summed E-state index contributed by atoms with van der Waals surface area (Å²) in [6.07, 6.45) is 1.26. The maximum Gasteiger partial charge on any atom is 0.332 e. The average Bonchev–Trinajstić information content (AvgIpc) is 3.18. The Morgan fingerprint density at radius 3 is 2.45 bits per heavy atom. The summed E-state index contributed by atoms with van der Waals surface area (Å²) in [4.78, 5) is 52.6. The van der Waals surface area contributed by atoms with Crippen LogP contribution in [0.15, 0.2) is 34.1 Å². The Hall–Kier alpha value is -4.09. The molecule has 164 valence electrons. The van der Waals surface area contributed by atoms with Gasteiger partial charge in [-0.3, -0.25) is 23.5 Å². The lowest BCUT2D eigenvalue weighted by atomic mass is 10.2. The van der Waals surface area contributed by atoms with E-state index in [0.717, 1.165) is 4.57 Å². The second kappa shape index (κ2) is 8.73. The number of carbonyl (C=O) groups excluding carboxylic acids is 2. The molecule has 1 amide bonds. The molecule has 0 spiro atoms. The Kier molecular flexibility index (Phi) is 6.09. The highest BCUT2D eigenvalue weighted by molar-refractivity contribution is 5.93. The van der Waals surface area contributed by atoms with Crippen molar-refractivity contribution in [1.82, 2.24) is 18.7 Å². The van der Waals surface area contributed by atoms with E-state index in [9.17, 15) is 19.2 Å². The second-order valence-electron chi connectivity index (χ2n) is 6.53. The number of nitrogens with zero attached hydrogens (tertiary/aromatic N) is 4. The molecule has 0 unspecified atom stereocenters. The van der Waals surface area contributed by atoms with Crippen molar-refractivity contribution < 1.29 is 23.8 Å². The lowest BCUT2D eigenvalue weighted by Crippen LogP contribution is -2.37. The highest BCUT2D eigenvalue weighted by atomic mass is 16.5. The van der Waals surface area contributed by atoms with E-state index in [4.69, 9.17) is 14.2 Å². The summed E-state index contributed by atoms with van der Waals surface area (Å²) in [5.74, 6) is -0.379. The first kappa shape index (κ1) is 21.6. The lowest BCUT2D eigenvalue weighted by molar-refractivity contribution is -0.147. The smallest absolute Gasteiger partial charge is 0.332 e. The van der Waals surface area contributed by atoms with Gasteiger partial charge in [0.2, 0.25) is 0 Å². The number of nitrogens with one attached hydrogen (secondary N) is 1. The molecular weight excluding hydrogens is 410 g/mol. The summed E-state index contributed by atoms with van der Waals surface area (Å²) in [6.45, 7) is -0.885. The summed E-state index contributed by atoms with van der Waals surface area (Å²) in [5.41, 5.74) is -0.459. The molecular formula is C19H21N5O7. The average molecular weight is 431 g/mol. The second-order valence-corrected chi connectivity index (χ2v) is 6.53. The number of hydrogen-bond acceptors (Lipinski definition) is 8. The van der Waals surface area contributed by atoms with E-state index >= 15 is 0 Å². The molecule has 31 heavy (non-hydrogen) atoms. The van der Waals surface area contributed by atoms with Gasteiger partial charge in [0, 0.05) is 25.8 Å². The zero-order valence-corrected chi connectivity index (χ0v) is 17.4. The number of carbonyl (C=O) groups is 2. The van der Waals surface area contributed by atoms with E-state index in [2.05, 4.69) is 10.3 Å². The molecule has 12 nitrogen and oxygen atoms in total. The number of amides is 1. The number of rotatable bonds is 7. The van der Waals surface area contributed by atoms with Crippen molar-refractivity contribution in [2.45, 2.75) is 6.54 Å². The van der Waals surface area contributed by atoms with E-state index in [1.807, 2.05) is 0 Å². The minimum Gasteiger partial charge on any atom is -0.493 e. The summed E-state index contributed by atoms with van der Waals surface area (Å²) in [5, 5.41) is 2.58. The SMILES string of the molecule is COc1ccc(NC(=O)COC(=O)Cn2cnc3c2c(=O)n(C)c(=O)n3C)cc1OC. The van der Waals surface area contributed by atoms with Crippen LogP contribution in [0.5, 0.6) is 11.5 Å². The quantitative estimate of drug-likeness (QED) is 0.501. The minimum absolute atomic E-state index is 0.0799. The van der Waals surface area contributed by atoms with Gasteiger partial charge in [-0.15, -0.1) is 0 Å².